The SMILES string of the molecule is CCNC1CCC(C(C)(C)C)CC1OCCCC(C)C. The van der Waals surface area contributed by atoms with Crippen LogP contribution in [0.15, 0.2) is 0 Å². The highest BCUT2D eigenvalue weighted by Crippen LogP contribution is 2.38. The largest absolute Gasteiger partial charge is 0.377 e. The molecule has 0 bridgehead atoms. The second kappa shape index (κ2) is 8.38. The van der Waals surface area contributed by atoms with Gasteiger partial charge in [0.1, 0.15) is 0 Å². The molecular weight excluding hydrogens is 246 g/mol. The van der Waals surface area contributed by atoms with Crippen molar-refractivity contribution in [2.75, 3.05) is 13.2 Å². The molecule has 3 atom stereocenters. The van der Waals surface area contributed by atoms with E-state index in [1.807, 2.05) is 0 Å². The fraction of sp³-hybridized carbons (Fsp3) is 1.00. The van der Waals surface area contributed by atoms with Crippen LogP contribution in [0.4, 0.5) is 0 Å². The van der Waals surface area contributed by atoms with E-state index in [1.165, 1.54) is 32.1 Å². The zero-order valence-electron chi connectivity index (χ0n) is 14.7. The van der Waals surface area contributed by atoms with Crippen molar-refractivity contribution in [1.29, 1.82) is 0 Å². The van der Waals surface area contributed by atoms with E-state index in [2.05, 4.69) is 46.9 Å². The molecule has 20 heavy (non-hydrogen) atoms. The lowest BCUT2D eigenvalue weighted by Gasteiger charge is -2.42. The van der Waals surface area contributed by atoms with Crippen molar-refractivity contribution < 1.29 is 4.74 Å². The monoisotopic (exact) mass is 283 g/mol. The van der Waals surface area contributed by atoms with Crippen LogP contribution < -0.4 is 5.32 Å². The molecule has 0 spiro atoms. The summed E-state index contributed by atoms with van der Waals surface area (Å²) in [6.45, 7) is 15.9. The Morgan fingerprint density at radius 2 is 1.90 bits per heavy atom. The van der Waals surface area contributed by atoms with Gasteiger partial charge in [-0.3, -0.25) is 0 Å². The average Bonchev–Trinajstić information content (AvgIpc) is 2.35. The van der Waals surface area contributed by atoms with E-state index in [1.54, 1.807) is 0 Å². The second-order valence-electron chi connectivity index (χ2n) is 7.99. The van der Waals surface area contributed by atoms with Gasteiger partial charge in [-0.15, -0.1) is 0 Å². The predicted molar refractivity (Wildman–Crippen MR) is 88.1 cm³/mol. The maximum atomic E-state index is 6.26. The third-order valence-electron chi connectivity index (χ3n) is 4.74. The molecule has 3 unspecified atom stereocenters. The summed E-state index contributed by atoms with van der Waals surface area (Å²) in [6.07, 6.45) is 6.73. The molecule has 1 N–H and O–H groups in total. The third-order valence-corrected chi connectivity index (χ3v) is 4.74. The van der Waals surface area contributed by atoms with Crippen LogP contribution in [0.3, 0.4) is 0 Å². The molecule has 0 amide bonds. The minimum Gasteiger partial charge on any atom is -0.377 e. The van der Waals surface area contributed by atoms with Gasteiger partial charge in [0.15, 0.2) is 0 Å². The first kappa shape index (κ1) is 18.0. The van der Waals surface area contributed by atoms with Crippen molar-refractivity contribution in [3.63, 3.8) is 0 Å². The molecule has 2 heteroatoms. The molecule has 0 aromatic rings. The highest BCUT2D eigenvalue weighted by molar-refractivity contribution is 4.89. The van der Waals surface area contributed by atoms with Gasteiger partial charge >= 0.3 is 0 Å². The molecule has 0 radical (unpaired) electrons. The van der Waals surface area contributed by atoms with Crippen LogP contribution >= 0.6 is 0 Å². The molecule has 0 heterocycles. The number of hydrogen-bond donors (Lipinski definition) is 1. The van der Waals surface area contributed by atoms with Crippen molar-refractivity contribution in [2.45, 2.75) is 85.8 Å². The number of hydrogen-bond acceptors (Lipinski definition) is 2. The predicted octanol–water partition coefficient (Wildman–Crippen LogP) is 4.63. The van der Waals surface area contributed by atoms with Gasteiger partial charge in [0.05, 0.1) is 6.10 Å². The summed E-state index contributed by atoms with van der Waals surface area (Å²) in [6, 6.07) is 0.567. The van der Waals surface area contributed by atoms with E-state index in [0.29, 0.717) is 17.6 Å². The standard InChI is InChI=1S/C18H37NO/c1-7-19-16-11-10-15(18(4,5)6)13-17(16)20-12-8-9-14(2)3/h14-17,19H,7-13H2,1-6H3. The summed E-state index contributed by atoms with van der Waals surface area (Å²) in [5, 5.41) is 3.63. The van der Waals surface area contributed by atoms with Crippen molar-refractivity contribution in [2.24, 2.45) is 17.3 Å². The zero-order chi connectivity index (χ0) is 15.2. The lowest BCUT2D eigenvalue weighted by Crippen LogP contribution is -2.47. The van der Waals surface area contributed by atoms with Crippen LogP contribution in [0.2, 0.25) is 0 Å². The zero-order valence-corrected chi connectivity index (χ0v) is 14.7. The fourth-order valence-electron chi connectivity index (χ4n) is 3.32. The first-order valence-electron chi connectivity index (χ1n) is 8.69. The molecule has 1 aliphatic rings. The minimum atomic E-state index is 0.413. The number of rotatable bonds is 7. The fourth-order valence-corrected chi connectivity index (χ4v) is 3.32. The Labute approximate surface area is 127 Å². The van der Waals surface area contributed by atoms with Gasteiger partial charge in [-0.2, -0.15) is 0 Å². The van der Waals surface area contributed by atoms with E-state index in [9.17, 15) is 0 Å². The van der Waals surface area contributed by atoms with Gasteiger partial charge in [0.25, 0.3) is 0 Å². The summed E-state index contributed by atoms with van der Waals surface area (Å²) in [5.74, 6) is 1.59. The Morgan fingerprint density at radius 3 is 2.45 bits per heavy atom. The van der Waals surface area contributed by atoms with Gasteiger partial charge in [-0.1, -0.05) is 41.5 Å². The van der Waals surface area contributed by atoms with Crippen LogP contribution in [-0.2, 0) is 4.74 Å². The lowest BCUT2D eigenvalue weighted by atomic mass is 9.70. The van der Waals surface area contributed by atoms with Crippen molar-refractivity contribution >= 4 is 0 Å². The average molecular weight is 284 g/mol. The maximum Gasteiger partial charge on any atom is 0.0730 e. The Kier molecular flexibility index (Phi) is 7.53. The van der Waals surface area contributed by atoms with Gasteiger partial charge in [0, 0.05) is 12.6 Å². The van der Waals surface area contributed by atoms with Crippen LogP contribution in [0, 0.1) is 17.3 Å². The Hall–Kier alpha value is -0.0800. The molecule has 0 aromatic carbocycles. The molecule has 1 aliphatic carbocycles. The Morgan fingerprint density at radius 1 is 1.20 bits per heavy atom. The van der Waals surface area contributed by atoms with Crippen LogP contribution in [-0.4, -0.2) is 25.3 Å². The van der Waals surface area contributed by atoms with Crippen molar-refractivity contribution in [3.05, 3.63) is 0 Å². The Balaban J connectivity index is 2.46. The van der Waals surface area contributed by atoms with Gasteiger partial charge < -0.3 is 10.1 Å². The number of nitrogens with one attached hydrogen (secondary N) is 1. The van der Waals surface area contributed by atoms with Gasteiger partial charge in [0.2, 0.25) is 0 Å². The van der Waals surface area contributed by atoms with Gasteiger partial charge in [-0.25, -0.2) is 0 Å². The lowest BCUT2D eigenvalue weighted by molar-refractivity contribution is -0.0291. The molecule has 1 saturated carbocycles. The first-order chi connectivity index (χ1) is 9.34. The summed E-state index contributed by atoms with van der Waals surface area (Å²) in [4.78, 5) is 0. The van der Waals surface area contributed by atoms with E-state index in [0.717, 1.165) is 25.0 Å². The third kappa shape index (κ3) is 6.13. The van der Waals surface area contributed by atoms with Crippen LogP contribution in [0.1, 0.15) is 73.6 Å². The van der Waals surface area contributed by atoms with Crippen LogP contribution in [0.25, 0.3) is 0 Å². The molecule has 2 nitrogen and oxygen atoms in total. The Bertz CT molecular complexity index is 257. The van der Waals surface area contributed by atoms with Crippen molar-refractivity contribution in [1.82, 2.24) is 5.32 Å². The van der Waals surface area contributed by atoms with Crippen molar-refractivity contribution in [3.8, 4) is 0 Å². The molecule has 0 saturated heterocycles. The normalized spacial score (nSPS) is 28.1. The highest BCUT2D eigenvalue weighted by atomic mass is 16.5. The first-order valence-corrected chi connectivity index (χ1v) is 8.69. The second-order valence-corrected chi connectivity index (χ2v) is 7.99. The molecule has 1 fully saturated rings. The van der Waals surface area contributed by atoms with E-state index in [4.69, 9.17) is 4.74 Å². The quantitative estimate of drug-likeness (QED) is 0.688. The number of ether oxygens (including phenoxy) is 1. The minimum absolute atomic E-state index is 0.413. The van der Waals surface area contributed by atoms with E-state index >= 15 is 0 Å². The molecule has 120 valence electrons. The smallest absolute Gasteiger partial charge is 0.0730 e. The van der Waals surface area contributed by atoms with E-state index < -0.39 is 0 Å². The summed E-state index contributed by atoms with van der Waals surface area (Å²) in [7, 11) is 0. The molecule has 0 aliphatic heterocycles. The van der Waals surface area contributed by atoms with Gasteiger partial charge in [-0.05, 0) is 55.9 Å². The van der Waals surface area contributed by atoms with Crippen LogP contribution in [0.5, 0.6) is 0 Å². The molecule has 1 rings (SSSR count). The maximum absolute atomic E-state index is 6.26. The summed E-state index contributed by atoms with van der Waals surface area (Å²) in [5.41, 5.74) is 0.413. The van der Waals surface area contributed by atoms with E-state index in [-0.39, 0.29) is 0 Å². The molecular formula is C18H37NO. The number of likely N-dealkylation sites (N-methyl/N-ethyl adjacent to an activating group) is 1. The summed E-state index contributed by atoms with van der Waals surface area (Å²) < 4.78 is 6.26. The topological polar surface area (TPSA) is 21.3 Å². The summed E-state index contributed by atoms with van der Waals surface area (Å²) >= 11 is 0. The molecule has 0 aromatic heterocycles. The highest BCUT2D eigenvalue weighted by Gasteiger charge is 2.35.